The monoisotopic (exact) mass is 345 g/mol. The number of H-pyrrole nitrogens is 1. The van der Waals surface area contributed by atoms with Gasteiger partial charge in [0, 0.05) is 18.8 Å². The van der Waals surface area contributed by atoms with Gasteiger partial charge in [0.2, 0.25) is 0 Å². The number of aromatic amines is 1. The summed E-state index contributed by atoms with van der Waals surface area (Å²) < 4.78 is 32.6. The van der Waals surface area contributed by atoms with Crippen LogP contribution in [0.1, 0.15) is 23.8 Å². The van der Waals surface area contributed by atoms with E-state index in [-0.39, 0.29) is 6.04 Å². The minimum absolute atomic E-state index is 0.189. The fraction of sp³-hybridized carbons (Fsp3) is 0.278. The summed E-state index contributed by atoms with van der Waals surface area (Å²) >= 11 is 0. The Morgan fingerprint density at radius 2 is 2.08 bits per heavy atom. The van der Waals surface area contributed by atoms with E-state index in [4.69, 9.17) is 4.42 Å². The van der Waals surface area contributed by atoms with Gasteiger partial charge >= 0.3 is 0 Å². The molecule has 1 aromatic carbocycles. The van der Waals surface area contributed by atoms with E-state index >= 15 is 0 Å². The first kappa shape index (κ1) is 16.0. The molecule has 2 atom stereocenters. The second kappa shape index (κ2) is 6.42. The third kappa shape index (κ3) is 3.20. The van der Waals surface area contributed by atoms with Gasteiger partial charge in [-0.3, -0.25) is 10.00 Å². The van der Waals surface area contributed by atoms with Gasteiger partial charge in [0.1, 0.15) is 11.5 Å². The normalized spacial score (nSPS) is 21.1. The van der Waals surface area contributed by atoms with E-state index in [0.29, 0.717) is 30.8 Å². The molecule has 3 heterocycles. The zero-order valence-corrected chi connectivity index (χ0v) is 13.3. The number of benzene rings is 1. The zero-order chi connectivity index (χ0) is 17.4. The lowest BCUT2D eigenvalue weighted by atomic mass is 10.0. The van der Waals surface area contributed by atoms with Gasteiger partial charge in [0.15, 0.2) is 17.4 Å². The van der Waals surface area contributed by atoms with E-state index in [1.54, 1.807) is 12.3 Å². The SMILES string of the molecule is O[C@H]1C[C@H](c2ccc(F)c(F)c2)N(Cc2ccc(-c3ccn[nH]3)o2)C1. The van der Waals surface area contributed by atoms with Crippen molar-refractivity contribution in [2.24, 2.45) is 0 Å². The first-order valence-electron chi connectivity index (χ1n) is 8.05. The summed E-state index contributed by atoms with van der Waals surface area (Å²) in [5.41, 5.74) is 1.43. The number of nitrogens with one attached hydrogen (secondary N) is 1. The van der Waals surface area contributed by atoms with Gasteiger partial charge in [0.25, 0.3) is 0 Å². The Balaban J connectivity index is 1.55. The van der Waals surface area contributed by atoms with Crippen LogP contribution in [0.3, 0.4) is 0 Å². The topological polar surface area (TPSA) is 65.3 Å². The molecule has 0 unspecified atom stereocenters. The molecule has 2 N–H and O–H groups in total. The molecule has 1 fully saturated rings. The van der Waals surface area contributed by atoms with Crippen LogP contribution in [-0.2, 0) is 6.54 Å². The summed E-state index contributed by atoms with van der Waals surface area (Å²) in [7, 11) is 0. The van der Waals surface area contributed by atoms with Crippen LogP contribution in [0.2, 0.25) is 0 Å². The van der Waals surface area contributed by atoms with Gasteiger partial charge in [-0.2, -0.15) is 5.10 Å². The quantitative estimate of drug-likeness (QED) is 0.762. The first-order chi connectivity index (χ1) is 12.1. The van der Waals surface area contributed by atoms with Gasteiger partial charge in [-0.05, 0) is 42.3 Å². The van der Waals surface area contributed by atoms with Crippen LogP contribution in [0, 0.1) is 11.6 Å². The van der Waals surface area contributed by atoms with Crippen molar-refractivity contribution in [3.05, 3.63) is 65.6 Å². The van der Waals surface area contributed by atoms with Crippen molar-refractivity contribution in [1.82, 2.24) is 15.1 Å². The lowest BCUT2D eigenvalue weighted by molar-refractivity contribution is 0.168. The third-order valence-corrected chi connectivity index (χ3v) is 4.50. The highest BCUT2D eigenvalue weighted by molar-refractivity contribution is 5.51. The van der Waals surface area contributed by atoms with Crippen molar-refractivity contribution in [1.29, 1.82) is 0 Å². The largest absolute Gasteiger partial charge is 0.458 e. The first-order valence-corrected chi connectivity index (χ1v) is 8.05. The van der Waals surface area contributed by atoms with Crippen molar-refractivity contribution in [2.45, 2.75) is 25.1 Å². The fourth-order valence-electron chi connectivity index (χ4n) is 3.32. The Morgan fingerprint density at radius 3 is 2.84 bits per heavy atom. The molecule has 0 amide bonds. The number of halogens is 2. The van der Waals surface area contributed by atoms with E-state index < -0.39 is 17.7 Å². The maximum atomic E-state index is 13.6. The lowest BCUT2D eigenvalue weighted by Crippen LogP contribution is -2.24. The van der Waals surface area contributed by atoms with E-state index in [1.807, 2.05) is 23.1 Å². The van der Waals surface area contributed by atoms with Crippen LogP contribution in [0.4, 0.5) is 8.78 Å². The predicted octanol–water partition coefficient (Wildman–Crippen LogP) is 3.26. The molecule has 3 aromatic rings. The number of rotatable bonds is 4. The molecular formula is C18H17F2N3O2. The molecule has 1 aliphatic rings. The Morgan fingerprint density at radius 1 is 1.20 bits per heavy atom. The Kier molecular flexibility index (Phi) is 4.10. The number of furan rings is 1. The van der Waals surface area contributed by atoms with Crippen molar-refractivity contribution in [3.63, 3.8) is 0 Å². The molecule has 0 aliphatic carbocycles. The molecule has 0 bridgehead atoms. The molecule has 2 aromatic heterocycles. The minimum atomic E-state index is -0.877. The molecular weight excluding hydrogens is 328 g/mol. The van der Waals surface area contributed by atoms with Gasteiger partial charge in [0.05, 0.1) is 12.6 Å². The molecule has 5 nitrogen and oxygen atoms in total. The molecule has 7 heteroatoms. The maximum Gasteiger partial charge on any atom is 0.159 e. The van der Waals surface area contributed by atoms with Crippen LogP contribution in [-0.4, -0.2) is 32.9 Å². The summed E-state index contributed by atoms with van der Waals surface area (Å²) in [4.78, 5) is 2.01. The molecule has 1 saturated heterocycles. The van der Waals surface area contributed by atoms with Crippen LogP contribution >= 0.6 is 0 Å². The van der Waals surface area contributed by atoms with Crippen molar-refractivity contribution < 1.29 is 18.3 Å². The highest BCUT2D eigenvalue weighted by Crippen LogP contribution is 2.34. The molecule has 25 heavy (non-hydrogen) atoms. The van der Waals surface area contributed by atoms with Crippen LogP contribution in [0.5, 0.6) is 0 Å². The predicted molar refractivity (Wildman–Crippen MR) is 86.4 cm³/mol. The second-order valence-electron chi connectivity index (χ2n) is 6.24. The van der Waals surface area contributed by atoms with E-state index in [1.165, 1.54) is 6.07 Å². The summed E-state index contributed by atoms with van der Waals surface area (Å²) in [6, 6.07) is 9.22. The Hall–Kier alpha value is -2.51. The molecule has 130 valence electrons. The molecule has 1 aliphatic heterocycles. The van der Waals surface area contributed by atoms with Gasteiger partial charge in [-0.25, -0.2) is 8.78 Å². The zero-order valence-electron chi connectivity index (χ0n) is 13.3. The second-order valence-corrected chi connectivity index (χ2v) is 6.24. The number of hydrogen-bond donors (Lipinski definition) is 2. The molecule has 0 saturated carbocycles. The Bertz CT molecular complexity index is 863. The molecule has 0 spiro atoms. The average Bonchev–Trinajstić information content (AvgIpc) is 3.31. The molecule has 4 rings (SSSR count). The summed E-state index contributed by atoms with van der Waals surface area (Å²) in [6.45, 7) is 0.915. The molecule has 0 radical (unpaired) electrons. The minimum Gasteiger partial charge on any atom is -0.458 e. The Labute approximate surface area is 142 Å². The average molecular weight is 345 g/mol. The van der Waals surface area contributed by atoms with Gasteiger partial charge in [-0.1, -0.05) is 6.07 Å². The smallest absolute Gasteiger partial charge is 0.159 e. The van der Waals surface area contributed by atoms with E-state index in [2.05, 4.69) is 10.2 Å². The number of aromatic nitrogens is 2. The van der Waals surface area contributed by atoms with E-state index in [0.717, 1.165) is 17.5 Å². The van der Waals surface area contributed by atoms with Crippen molar-refractivity contribution in [3.8, 4) is 11.5 Å². The van der Waals surface area contributed by atoms with Gasteiger partial charge in [-0.15, -0.1) is 0 Å². The number of aliphatic hydroxyl groups is 1. The fourth-order valence-corrected chi connectivity index (χ4v) is 3.32. The number of aliphatic hydroxyl groups excluding tert-OH is 1. The summed E-state index contributed by atoms with van der Waals surface area (Å²) in [5, 5.41) is 16.8. The van der Waals surface area contributed by atoms with Crippen LogP contribution in [0.25, 0.3) is 11.5 Å². The summed E-state index contributed by atoms with van der Waals surface area (Å²) in [6.07, 6.45) is 1.60. The number of nitrogens with zero attached hydrogens (tertiary/aromatic N) is 2. The lowest BCUT2D eigenvalue weighted by Gasteiger charge is -2.23. The van der Waals surface area contributed by atoms with Crippen LogP contribution in [0.15, 0.2) is 47.0 Å². The number of β-amino-alcohol motifs (C(OH)–C–C–N with tert-alkyl or cyclic N) is 1. The highest BCUT2D eigenvalue weighted by Gasteiger charge is 2.33. The van der Waals surface area contributed by atoms with E-state index in [9.17, 15) is 13.9 Å². The van der Waals surface area contributed by atoms with Crippen molar-refractivity contribution >= 4 is 0 Å². The number of likely N-dealkylation sites (tertiary alicyclic amines) is 1. The van der Waals surface area contributed by atoms with Crippen LogP contribution < -0.4 is 0 Å². The van der Waals surface area contributed by atoms with Gasteiger partial charge < -0.3 is 9.52 Å². The standard InChI is InChI=1S/C18H17F2N3O2/c19-14-3-1-11(7-15(14)20)17-8-12(24)9-23(17)10-13-2-4-18(25-13)16-5-6-21-22-16/h1-7,12,17,24H,8-10H2,(H,21,22)/t12-,17+/m0/s1. The maximum absolute atomic E-state index is 13.6. The van der Waals surface area contributed by atoms with Crippen molar-refractivity contribution in [2.75, 3.05) is 6.54 Å². The highest BCUT2D eigenvalue weighted by atomic mass is 19.2. The number of hydrogen-bond acceptors (Lipinski definition) is 4. The third-order valence-electron chi connectivity index (χ3n) is 4.50. The summed E-state index contributed by atoms with van der Waals surface area (Å²) in [5.74, 6) is -0.342.